The molecule has 9 heteroatoms. The Bertz CT molecular complexity index is 1250. The molecule has 0 spiro atoms. The molecule has 0 atom stereocenters. The summed E-state index contributed by atoms with van der Waals surface area (Å²) in [6.07, 6.45) is 0. The summed E-state index contributed by atoms with van der Waals surface area (Å²) in [5.41, 5.74) is 2.87. The Hall–Kier alpha value is -3.43. The molecule has 2 aromatic carbocycles. The van der Waals surface area contributed by atoms with E-state index in [1.165, 1.54) is 22.7 Å². The molecule has 0 unspecified atom stereocenters. The molecule has 2 aromatic heterocycles. The topological polar surface area (TPSA) is 82.6 Å². The number of methoxy groups -OCH3 is 3. The second-order valence-electron chi connectivity index (χ2n) is 6.69. The molecule has 1 amide bonds. The van der Waals surface area contributed by atoms with Crippen LogP contribution in [0.2, 0.25) is 0 Å². The number of rotatable bonds is 7. The van der Waals surface area contributed by atoms with Crippen molar-refractivity contribution < 1.29 is 19.0 Å². The van der Waals surface area contributed by atoms with E-state index in [0.29, 0.717) is 27.3 Å². The summed E-state index contributed by atoms with van der Waals surface area (Å²) in [5, 5.41) is 5.76. The van der Waals surface area contributed by atoms with Crippen LogP contribution in [0.5, 0.6) is 17.2 Å². The van der Waals surface area contributed by atoms with Crippen LogP contribution in [0.4, 0.5) is 5.13 Å². The minimum Gasteiger partial charge on any atom is -0.497 e. The van der Waals surface area contributed by atoms with Crippen LogP contribution in [0.15, 0.2) is 47.8 Å². The highest BCUT2D eigenvalue weighted by Crippen LogP contribution is 2.39. The highest BCUT2D eigenvalue weighted by Gasteiger charge is 2.19. The van der Waals surface area contributed by atoms with Gasteiger partial charge in [-0.15, -0.1) is 22.7 Å². The van der Waals surface area contributed by atoms with Crippen LogP contribution in [0.1, 0.15) is 15.4 Å². The summed E-state index contributed by atoms with van der Waals surface area (Å²) in [5.74, 6) is 1.65. The molecule has 4 rings (SSSR count). The van der Waals surface area contributed by atoms with Crippen molar-refractivity contribution in [2.24, 2.45) is 0 Å². The van der Waals surface area contributed by atoms with Crippen LogP contribution in [0.3, 0.4) is 0 Å². The van der Waals surface area contributed by atoms with Gasteiger partial charge in [0.1, 0.15) is 16.5 Å². The Kier molecular flexibility index (Phi) is 6.38. The number of thiazole rings is 2. The Morgan fingerprint density at radius 2 is 1.75 bits per heavy atom. The lowest BCUT2D eigenvalue weighted by Gasteiger charge is -2.10. The van der Waals surface area contributed by atoms with Crippen molar-refractivity contribution in [1.29, 1.82) is 0 Å². The van der Waals surface area contributed by atoms with Crippen LogP contribution in [0, 0.1) is 6.92 Å². The first kappa shape index (κ1) is 21.8. The molecule has 32 heavy (non-hydrogen) atoms. The van der Waals surface area contributed by atoms with E-state index in [0.717, 1.165) is 27.4 Å². The first-order chi connectivity index (χ1) is 15.5. The predicted octanol–water partition coefficient (Wildman–Crippen LogP) is 5.52. The Morgan fingerprint density at radius 1 is 0.969 bits per heavy atom. The van der Waals surface area contributed by atoms with Crippen molar-refractivity contribution >= 4 is 33.7 Å². The minimum absolute atomic E-state index is 0.314. The molecule has 2 heterocycles. The largest absolute Gasteiger partial charge is 0.497 e. The smallest absolute Gasteiger partial charge is 0.276 e. The molecule has 4 aromatic rings. The molecule has 1 N–H and O–H groups in total. The first-order valence-electron chi connectivity index (χ1n) is 9.64. The number of amides is 1. The van der Waals surface area contributed by atoms with Crippen molar-refractivity contribution in [3.8, 4) is 39.1 Å². The van der Waals surface area contributed by atoms with Crippen molar-refractivity contribution in [3.05, 3.63) is 58.4 Å². The van der Waals surface area contributed by atoms with Crippen LogP contribution in [0.25, 0.3) is 21.8 Å². The molecule has 0 saturated carbocycles. The second kappa shape index (κ2) is 9.37. The number of hydrogen-bond acceptors (Lipinski definition) is 8. The van der Waals surface area contributed by atoms with E-state index in [9.17, 15) is 4.79 Å². The number of ether oxygens (including phenoxy) is 3. The third kappa shape index (κ3) is 4.30. The maximum absolute atomic E-state index is 12.8. The van der Waals surface area contributed by atoms with Gasteiger partial charge in [-0.3, -0.25) is 10.1 Å². The summed E-state index contributed by atoms with van der Waals surface area (Å²) in [4.78, 5) is 22.9. The van der Waals surface area contributed by atoms with E-state index in [1.54, 1.807) is 26.7 Å². The number of para-hydroxylation sites is 1. The molecule has 0 bridgehead atoms. The van der Waals surface area contributed by atoms with Crippen LogP contribution in [-0.2, 0) is 0 Å². The number of benzene rings is 2. The quantitative estimate of drug-likeness (QED) is 0.385. The second-order valence-corrected chi connectivity index (χ2v) is 8.75. The number of carbonyl (C=O) groups excluding carboxylic acids is 1. The van der Waals surface area contributed by atoms with Gasteiger partial charge in [0.25, 0.3) is 5.91 Å². The Balaban J connectivity index is 1.54. The van der Waals surface area contributed by atoms with Gasteiger partial charge in [-0.25, -0.2) is 9.97 Å². The van der Waals surface area contributed by atoms with Gasteiger partial charge in [-0.05, 0) is 43.3 Å². The zero-order valence-electron chi connectivity index (χ0n) is 18.0. The number of hydrogen-bond donors (Lipinski definition) is 1. The molecular weight excluding hydrogens is 446 g/mol. The fraction of sp³-hybridized carbons (Fsp3) is 0.174. The van der Waals surface area contributed by atoms with Gasteiger partial charge in [0.05, 0.1) is 32.6 Å². The van der Waals surface area contributed by atoms with Gasteiger partial charge in [-0.1, -0.05) is 6.07 Å². The fourth-order valence-corrected chi connectivity index (χ4v) is 4.84. The minimum atomic E-state index is -0.315. The summed E-state index contributed by atoms with van der Waals surface area (Å²) >= 11 is 2.78. The molecule has 7 nitrogen and oxygen atoms in total. The Morgan fingerprint density at radius 3 is 2.44 bits per heavy atom. The van der Waals surface area contributed by atoms with Gasteiger partial charge in [0.15, 0.2) is 16.6 Å². The molecule has 0 aliphatic rings. The van der Waals surface area contributed by atoms with Crippen LogP contribution < -0.4 is 19.5 Å². The van der Waals surface area contributed by atoms with Gasteiger partial charge in [-0.2, -0.15) is 0 Å². The molecule has 164 valence electrons. The molecule has 0 aliphatic carbocycles. The third-order valence-electron chi connectivity index (χ3n) is 4.75. The lowest BCUT2D eigenvalue weighted by molar-refractivity contribution is 0.102. The molecule has 0 saturated heterocycles. The maximum Gasteiger partial charge on any atom is 0.276 e. The SMILES string of the molecule is COc1ccc(-c2nc(NC(=O)c3csc(-c4cccc(OC)c4OC)n3)sc2C)cc1. The van der Waals surface area contributed by atoms with E-state index < -0.39 is 0 Å². The van der Waals surface area contributed by atoms with Crippen molar-refractivity contribution in [2.75, 3.05) is 26.6 Å². The average molecular weight is 468 g/mol. The summed E-state index contributed by atoms with van der Waals surface area (Å²) < 4.78 is 16.0. The van der Waals surface area contributed by atoms with Gasteiger partial charge in [0.2, 0.25) is 0 Å². The van der Waals surface area contributed by atoms with Gasteiger partial charge < -0.3 is 14.2 Å². The van der Waals surface area contributed by atoms with E-state index in [2.05, 4.69) is 15.3 Å². The van der Waals surface area contributed by atoms with Crippen LogP contribution >= 0.6 is 22.7 Å². The standard InChI is InChI=1S/C23H21N3O4S2/c1-13-19(14-8-10-15(28-2)11-9-14)25-23(32-13)26-21(27)17-12-31-22(24-17)16-6-5-7-18(29-3)20(16)30-4/h5-12H,1-4H3,(H,25,26,27). The number of aromatic nitrogens is 2. The zero-order valence-corrected chi connectivity index (χ0v) is 19.6. The summed E-state index contributed by atoms with van der Waals surface area (Å²) in [6.45, 7) is 1.98. The van der Waals surface area contributed by atoms with Crippen molar-refractivity contribution in [2.45, 2.75) is 6.92 Å². The highest BCUT2D eigenvalue weighted by atomic mass is 32.1. The van der Waals surface area contributed by atoms with Crippen molar-refractivity contribution in [1.82, 2.24) is 9.97 Å². The molecule has 0 aliphatic heterocycles. The van der Waals surface area contributed by atoms with Gasteiger partial charge >= 0.3 is 0 Å². The molecular formula is C23H21N3O4S2. The predicted molar refractivity (Wildman–Crippen MR) is 127 cm³/mol. The average Bonchev–Trinajstić information content (AvgIpc) is 3.45. The van der Waals surface area contributed by atoms with Gasteiger partial charge in [0, 0.05) is 15.8 Å². The van der Waals surface area contributed by atoms with E-state index in [1.807, 2.05) is 49.4 Å². The number of nitrogens with one attached hydrogen (secondary N) is 1. The normalized spacial score (nSPS) is 10.6. The monoisotopic (exact) mass is 467 g/mol. The number of nitrogens with zero attached hydrogens (tertiary/aromatic N) is 2. The third-order valence-corrected chi connectivity index (χ3v) is 6.51. The maximum atomic E-state index is 12.8. The molecule has 0 radical (unpaired) electrons. The van der Waals surface area contributed by atoms with E-state index in [4.69, 9.17) is 14.2 Å². The number of anilines is 1. The molecule has 0 fully saturated rings. The Labute approximate surface area is 193 Å². The first-order valence-corrected chi connectivity index (χ1v) is 11.3. The lowest BCUT2D eigenvalue weighted by atomic mass is 10.1. The number of carbonyl (C=O) groups is 1. The highest BCUT2D eigenvalue weighted by molar-refractivity contribution is 7.16. The lowest BCUT2D eigenvalue weighted by Crippen LogP contribution is -2.12. The van der Waals surface area contributed by atoms with Crippen molar-refractivity contribution in [3.63, 3.8) is 0 Å². The zero-order chi connectivity index (χ0) is 22.7. The van der Waals surface area contributed by atoms with Crippen LogP contribution in [-0.4, -0.2) is 37.2 Å². The summed E-state index contributed by atoms with van der Waals surface area (Å²) in [7, 11) is 4.79. The fourth-order valence-electron chi connectivity index (χ4n) is 3.19. The number of aryl methyl sites for hydroxylation is 1. The van der Waals surface area contributed by atoms with E-state index >= 15 is 0 Å². The summed E-state index contributed by atoms with van der Waals surface area (Å²) in [6, 6.07) is 13.2. The van der Waals surface area contributed by atoms with E-state index in [-0.39, 0.29) is 5.91 Å².